The largest absolute Gasteiger partial charge is 3.00 e. The van der Waals surface area contributed by atoms with Gasteiger partial charge in [0.25, 0.3) is 0 Å². The number of hydrogen-bond donors (Lipinski definition) is 0. The maximum absolute atomic E-state index is 0. The summed E-state index contributed by atoms with van der Waals surface area (Å²) in [6, 6.07) is 0. The van der Waals surface area contributed by atoms with Crippen molar-refractivity contribution in [3.05, 3.63) is 0 Å². The molecule has 4 heavy (non-hydrogen) atoms. The molecule has 1 radical (unpaired) electrons. The first kappa shape index (κ1) is 32.4. The van der Waals surface area contributed by atoms with Crippen LogP contribution in [0.4, 0.5) is 0 Å². The molecular formula is Br2ITi. The molecule has 0 spiro atoms. The van der Waals surface area contributed by atoms with Crippen LogP contribution >= 0.6 is 0 Å². The quantitative estimate of drug-likeness (QED) is 0.305. The van der Waals surface area contributed by atoms with Crippen molar-refractivity contribution >= 4 is 0 Å². The molecule has 0 aliphatic heterocycles. The Morgan fingerprint density at radius 2 is 0.750 bits per heavy atom. The average Bonchev–Trinajstić information content (AvgIpc) is 0. The summed E-state index contributed by atoms with van der Waals surface area (Å²) >= 11 is 0. The van der Waals surface area contributed by atoms with Gasteiger partial charge in [0.2, 0.25) is 0 Å². The summed E-state index contributed by atoms with van der Waals surface area (Å²) in [5.74, 6) is 0. The third kappa shape index (κ3) is 8.83. The van der Waals surface area contributed by atoms with Gasteiger partial charge in [-0.05, 0) is 0 Å². The molecule has 0 saturated heterocycles. The normalized spacial score (nSPS) is 0. The molecule has 0 aromatic carbocycles. The van der Waals surface area contributed by atoms with Gasteiger partial charge in [0, 0.05) is 0 Å². The second kappa shape index (κ2) is 18.1. The Labute approximate surface area is 78.5 Å². The fourth-order valence-corrected chi connectivity index (χ4v) is 0. The molecule has 25 valence electrons. The molecule has 0 aliphatic rings. The third-order valence-corrected chi connectivity index (χ3v) is 0. The topological polar surface area (TPSA) is 0 Å². The molecule has 0 rings (SSSR count). The monoisotopic (exact) mass is 333 g/mol. The van der Waals surface area contributed by atoms with Crippen molar-refractivity contribution in [2.45, 2.75) is 0 Å². The zero-order chi connectivity index (χ0) is 0. The van der Waals surface area contributed by atoms with Crippen molar-refractivity contribution in [2.24, 2.45) is 0 Å². The van der Waals surface area contributed by atoms with E-state index in [1.807, 2.05) is 0 Å². The maximum Gasteiger partial charge on any atom is 3.00 e. The fraction of sp³-hybridized carbons (Fsp3) is 0. The Morgan fingerprint density at radius 3 is 0.750 bits per heavy atom. The Kier molecular flexibility index (Phi) is 147. The molecule has 0 aliphatic carbocycles. The van der Waals surface area contributed by atoms with Crippen molar-refractivity contribution in [1.29, 1.82) is 0 Å². The van der Waals surface area contributed by atoms with Crippen LogP contribution in [-0.4, -0.2) is 0 Å². The smallest absolute Gasteiger partial charge is 1.00 e. The second-order valence-corrected chi connectivity index (χ2v) is 0. The zero-order valence-electron chi connectivity index (χ0n) is 1.63. The van der Waals surface area contributed by atoms with Crippen LogP contribution in [0.2, 0.25) is 0 Å². The Morgan fingerprint density at radius 1 is 0.750 bits per heavy atom. The summed E-state index contributed by atoms with van der Waals surface area (Å²) in [6.07, 6.45) is 0. The third-order valence-electron chi connectivity index (χ3n) is 0. The van der Waals surface area contributed by atoms with E-state index in [9.17, 15) is 0 Å². The summed E-state index contributed by atoms with van der Waals surface area (Å²) in [4.78, 5) is 0. The summed E-state index contributed by atoms with van der Waals surface area (Å²) < 4.78 is 0. The predicted molar refractivity (Wildman–Crippen MR) is 0 cm³/mol. The van der Waals surface area contributed by atoms with E-state index in [1.54, 1.807) is 0 Å². The standard InChI is InChI=1S/2BrH.HI.Ti/h3*1H;/q;;;+3/p-3. The van der Waals surface area contributed by atoms with Crippen molar-refractivity contribution in [1.82, 2.24) is 0 Å². The van der Waals surface area contributed by atoms with Crippen molar-refractivity contribution in [3.63, 3.8) is 0 Å². The number of halogens is 3. The zero-order valence-corrected chi connectivity index (χ0v) is 8.52. The fourth-order valence-electron chi connectivity index (χ4n) is 0. The Balaban J connectivity index is 0. The van der Waals surface area contributed by atoms with Gasteiger partial charge in [-0.3, -0.25) is 0 Å². The van der Waals surface area contributed by atoms with Gasteiger partial charge in [0.05, 0.1) is 0 Å². The van der Waals surface area contributed by atoms with Crippen LogP contribution in [0, 0.1) is 0 Å². The molecule has 0 nitrogen and oxygen atoms in total. The molecule has 0 unspecified atom stereocenters. The number of rotatable bonds is 0. The van der Waals surface area contributed by atoms with E-state index in [2.05, 4.69) is 0 Å². The van der Waals surface area contributed by atoms with Crippen LogP contribution in [0.25, 0.3) is 0 Å². The summed E-state index contributed by atoms with van der Waals surface area (Å²) in [6.45, 7) is 0. The van der Waals surface area contributed by atoms with E-state index in [1.165, 1.54) is 0 Å². The second-order valence-electron chi connectivity index (χ2n) is 0. The molecule has 0 saturated carbocycles. The van der Waals surface area contributed by atoms with Crippen molar-refractivity contribution in [2.75, 3.05) is 0 Å². The van der Waals surface area contributed by atoms with Gasteiger partial charge in [0.15, 0.2) is 0 Å². The van der Waals surface area contributed by atoms with Crippen LogP contribution in [-0.2, 0) is 21.7 Å². The average molecular weight is 335 g/mol. The van der Waals surface area contributed by atoms with Gasteiger partial charge in [0.1, 0.15) is 0 Å². The number of hydrogen-bond acceptors (Lipinski definition) is 0. The predicted octanol–water partition coefficient (Wildman–Crippen LogP) is -8.99. The Hall–Kier alpha value is 2.40. The van der Waals surface area contributed by atoms with Crippen LogP contribution in [0.1, 0.15) is 0 Å². The molecule has 0 amide bonds. The molecule has 0 heterocycles. The first-order valence-corrected chi connectivity index (χ1v) is 0. The van der Waals surface area contributed by atoms with E-state index < -0.39 is 0 Å². The van der Waals surface area contributed by atoms with Crippen LogP contribution < -0.4 is 57.9 Å². The van der Waals surface area contributed by atoms with Crippen LogP contribution in [0.5, 0.6) is 0 Å². The molecule has 0 atom stereocenters. The van der Waals surface area contributed by atoms with Gasteiger partial charge < -0.3 is 57.9 Å². The molecule has 0 aromatic rings. The molecule has 0 bridgehead atoms. The molecule has 0 N–H and O–H groups in total. The minimum Gasteiger partial charge on any atom is -1.00 e. The Bertz CT molecular complexity index is 6.00. The summed E-state index contributed by atoms with van der Waals surface area (Å²) in [7, 11) is 0. The van der Waals surface area contributed by atoms with E-state index in [4.69, 9.17) is 0 Å². The summed E-state index contributed by atoms with van der Waals surface area (Å²) in [5, 5.41) is 0. The molecular weight excluding hydrogens is 335 g/mol. The first-order valence-electron chi connectivity index (χ1n) is 0. The van der Waals surface area contributed by atoms with Crippen LogP contribution in [0.3, 0.4) is 0 Å². The van der Waals surface area contributed by atoms with E-state index in [0.717, 1.165) is 0 Å². The van der Waals surface area contributed by atoms with Crippen molar-refractivity contribution in [3.8, 4) is 0 Å². The van der Waals surface area contributed by atoms with E-state index >= 15 is 0 Å². The molecule has 0 fully saturated rings. The minimum atomic E-state index is 0. The van der Waals surface area contributed by atoms with Gasteiger partial charge in [-0.15, -0.1) is 0 Å². The van der Waals surface area contributed by atoms with E-state index in [0.29, 0.717) is 0 Å². The van der Waals surface area contributed by atoms with Gasteiger partial charge in [-0.1, -0.05) is 0 Å². The first-order chi connectivity index (χ1) is 0. The molecule has 0 aromatic heterocycles. The van der Waals surface area contributed by atoms with Crippen LogP contribution in [0.15, 0.2) is 0 Å². The van der Waals surface area contributed by atoms with Gasteiger partial charge in [-0.2, -0.15) is 0 Å². The van der Waals surface area contributed by atoms with E-state index in [-0.39, 0.29) is 79.7 Å². The molecule has 4 heteroatoms. The maximum atomic E-state index is 0. The van der Waals surface area contributed by atoms with Gasteiger partial charge in [-0.25, -0.2) is 0 Å². The van der Waals surface area contributed by atoms with Gasteiger partial charge >= 0.3 is 21.7 Å². The summed E-state index contributed by atoms with van der Waals surface area (Å²) in [5.41, 5.74) is 0. The minimum absolute atomic E-state index is 0. The SMILES string of the molecule is [Br-].[Br-].[I-].[Ti+3]. The van der Waals surface area contributed by atoms with Crippen molar-refractivity contribution < 1.29 is 79.7 Å².